The number of benzene rings is 1. The molecule has 12 heteroatoms. The molecule has 4 rings (SSSR count). The number of amides is 1. The molecule has 0 aliphatic rings. The lowest BCUT2D eigenvalue weighted by molar-refractivity contribution is -0.111. The molecule has 4 aromatic rings. The van der Waals surface area contributed by atoms with Gasteiger partial charge in [-0.25, -0.2) is 9.67 Å². The summed E-state index contributed by atoms with van der Waals surface area (Å²) in [5.74, 6) is 2.08. The number of carbonyl (C=O) groups excluding carboxylic acids is 1. The van der Waals surface area contributed by atoms with Crippen LogP contribution >= 0.6 is 11.3 Å². The van der Waals surface area contributed by atoms with Crippen molar-refractivity contribution in [3.8, 4) is 11.6 Å². The van der Waals surface area contributed by atoms with Crippen LogP contribution in [0.5, 0.6) is 5.75 Å². The Morgan fingerprint density at radius 2 is 1.98 bits per heavy atom. The first kappa shape index (κ1) is 28.8. The minimum absolute atomic E-state index is 0.238. The predicted molar refractivity (Wildman–Crippen MR) is 165 cm³/mol. The third-order valence-corrected chi connectivity index (χ3v) is 7.09. The molecule has 0 unspecified atom stereocenters. The summed E-state index contributed by atoms with van der Waals surface area (Å²) in [6.07, 6.45) is 2.93. The van der Waals surface area contributed by atoms with Crippen LogP contribution in [0.1, 0.15) is 18.7 Å². The van der Waals surface area contributed by atoms with Crippen molar-refractivity contribution in [1.29, 1.82) is 0 Å². The molecule has 0 bridgehead atoms. The van der Waals surface area contributed by atoms with E-state index in [0.717, 1.165) is 34.8 Å². The quantitative estimate of drug-likeness (QED) is 0.208. The number of anilines is 5. The number of aromatic nitrogens is 4. The molecule has 0 saturated heterocycles. The van der Waals surface area contributed by atoms with Gasteiger partial charge in [0.1, 0.15) is 10.6 Å². The number of likely N-dealkylation sites (N-methyl/N-ethyl adjacent to an activating group) is 2. The van der Waals surface area contributed by atoms with Gasteiger partial charge in [-0.15, -0.1) is 16.4 Å². The van der Waals surface area contributed by atoms with Crippen LogP contribution in [0.25, 0.3) is 16.0 Å². The predicted octanol–water partition coefficient (Wildman–Crippen LogP) is 4.88. The molecular weight excluding hydrogens is 526 g/mol. The maximum Gasteiger partial charge on any atom is 0.247 e. The fraction of sp³-hybridized carbons (Fsp3) is 0.357. The van der Waals surface area contributed by atoms with E-state index >= 15 is 0 Å². The topological polar surface area (TPSA) is 112 Å². The van der Waals surface area contributed by atoms with Gasteiger partial charge >= 0.3 is 0 Å². The van der Waals surface area contributed by atoms with Crippen molar-refractivity contribution < 1.29 is 9.53 Å². The molecule has 0 aliphatic heterocycles. The van der Waals surface area contributed by atoms with Crippen LogP contribution in [0.2, 0.25) is 0 Å². The van der Waals surface area contributed by atoms with Gasteiger partial charge in [-0.05, 0) is 53.1 Å². The highest BCUT2D eigenvalue weighted by Gasteiger charge is 2.19. The number of rotatable bonds is 12. The van der Waals surface area contributed by atoms with Crippen LogP contribution in [0.4, 0.5) is 28.8 Å². The standard InChI is InChI=1S/C28H37N9O2S/c1-9-25(38)31-20-15-21(23(39-8)16-22(20)36(7)13-12-35(5)6)32-28-29-11-10-24(33-28)37-27-19(14-18(4)40-27)26(34-37)30-17(2)3/h9-11,14-17H,1,12-13H2,2-8H3,(H,30,34)(H,31,38)(H,29,32,33). The molecule has 1 aromatic carbocycles. The van der Waals surface area contributed by atoms with Gasteiger partial charge < -0.3 is 30.5 Å². The molecular formula is C28H37N9O2S. The van der Waals surface area contributed by atoms with Crippen molar-refractivity contribution in [2.45, 2.75) is 26.8 Å². The maximum absolute atomic E-state index is 12.3. The summed E-state index contributed by atoms with van der Waals surface area (Å²) in [5.41, 5.74) is 2.02. The Labute approximate surface area is 238 Å². The first-order valence-electron chi connectivity index (χ1n) is 13.0. The van der Waals surface area contributed by atoms with Gasteiger partial charge in [0.05, 0.1) is 29.6 Å². The average molecular weight is 564 g/mol. The van der Waals surface area contributed by atoms with E-state index in [1.807, 2.05) is 44.0 Å². The lowest BCUT2D eigenvalue weighted by Gasteiger charge is -2.26. The van der Waals surface area contributed by atoms with E-state index in [1.54, 1.807) is 24.6 Å². The largest absolute Gasteiger partial charge is 0.494 e. The van der Waals surface area contributed by atoms with E-state index in [1.165, 1.54) is 11.0 Å². The highest BCUT2D eigenvalue weighted by Crippen LogP contribution is 2.38. The van der Waals surface area contributed by atoms with Crippen molar-refractivity contribution >= 4 is 56.3 Å². The third-order valence-electron chi connectivity index (χ3n) is 6.07. The molecule has 1 amide bonds. The SMILES string of the molecule is C=CC(=O)Nc1cc(Nc2nccc(-n3nc(NC(C)C)c4cc(C)sc43)n2)c(OC)cc1N(C)CCN(C)C. The normalized spacial score (nSPS) is 11.2. The fourth-order valence-electron chi connectivity index (χ4n) is 4.12. The van der Waals surface area contributed by atoms with E-state index in [-0.39, 0.29) is 11.9 Å². The summed E-state index contributed by atoms with van der Waals surface area (Å²) in [6, 6.07) is 7.90. The van der Waals surface area contributed by atoms with Crippen molar-refractivity contribution in [3.05, 3.63) is 48.0 Å². The number of aryl methyl sites for hydroxylation is 1. The van der Waals surface area contributed by atoms with Crippen molar-refractivity contribution in [1.82, 2.24) is 24.6 Å². The first-order valence-corrected chi connectivity index (χ1v) is 13.8. The number of fused-ring (bicyclic) bond motifs is 1. The zero-order valence-corrected chi connectivity index (χ0v) is 24.9. The zero-order chi connectivity index (χ0) is 29.0. The van der Waals surface area contributed by atoms with Crippen LogP contribution in [0, 0.1) is 6.92 Å². The number of carbonyl (C=O) groups is 1. The minimum Gasteiger partial charge on any atom is -0.494 e. The van der Waals surface area contributed by atoms with Crippen LogP contribution in [0.15, 0.2) is 43.1 Å². The van der Waals surface area contributed by atoms with E-state index in [0.29, 0.717) is 28.9 Å². The smallest absolute Gasteiger partial charge is 0.247 e. The number of nitrogens with one attached hydrogen (secondary N) is 3. The molecule has 11 nitrogen and oxygen atoms in total. The summed E-state index contributed by atoms with van der Waals surface area (Å²) in [5, 5.41) is 15.5. The second-order valence-electron chi connectivity index (χ2n) is 9.99. The Balaban J connectivity index is 1.71. The van der Waals surface area contributed by atoms with Crippen LogP contribution < -0.4 is 25.6 Å². The lowest BCUT2D eigenvalue weighted by Crippen LogP contribution is -2.29. The van der Waals surface area contributed by atoms with E-state index in [2.05, 4.69) is 64.2 Å². The van der Waals surface area contributed by atoms with Gasteiger partial charge in [0.2, 0.25) is 11.9 Å². The number of thiophene rings is 1. The number of hydrogen-bond acceptors (Lipinski definition) is 10. The Morgan fingerprint density at radius 1 is 1.20 bits per heavy atom. The third kappa shape index (κ3) is 6.52. The zero-order valence-electron chi connectivity index (χ0n) is 24.1. The molecule has 212 valence electrons. The number of ether oxygens (including phenoxy) is 1. The van der Waals surface area contributed by atoms with Crippen LogP contribution in [0.3, 0.4) is 0 Å². The van der Waals surface area contributed by atoms with Crippen LogP contribution in [-0.4, -0.2) is 77.9 Å². The summed E-state index contributed by atoms with van der Waals surface area (Å²) in [4.78, 5) is 27.8. The Kier molecular flexibility index (Phi) is 8.90. The fourth-order valence-corrected chi connectivity index (χ4v) is 5.09. The maximum atomic E-state index is 12.3. The lowest BCUT2D eigenvalue weighted by atomic mass is 10.2. The van der Waals surface area contributed by atoms with Crippen molar-refractivity contribution in [2.24, 2.45) is 0 Å². The average Bonchev–Trinajstić information content (AvgIpc) is 3.44. The minimum atomic E-state index is -0.309. The highest BCUT2D eigenvalue weighted by atomic mass is 32.1. The van der Waals surface area contributed by atoms with Crippen LogP contribution in [-0.2, 0) is 4.79 Å². The summed E-state index contributed by atoms with van der Waals surface area (Å²) < 4.78 is 7.56. The number of methoxy groups -OCH3 is 1. The molecule has 0 fully saturated rings. The number of hydrogen-bond donors (Lipinski definition) is 3. The van der Waals surface area contributed by atoms with Gasteiger partial charge in [-0.2, -0.15) is 4.98 Å². The molecule has 0 aliphatic carbocycles. The van der Waals surface area contributed by atoms with Gasteiger partial charge in [-0.1, -0.05) is 6.58 Å². The molecule has 3 heterocycles. The summed E-state index contributed by atoms with van der Waals surface area (Å²) >= 11 is 1.66. The first-order chi connectivity index (χ1) is 19.1. The molecule has 3 N–H and O–H groups in total. The molecule has 0 spiro atoms. The Morgan fingerprint density at radius 3 is 2.65 bits per heavy atom. The van der Waals surface area contributed by atoms with Crippen molar-refractivity contribution in [3.63, 3.8) is 0 Å². The van der Waals surface area contributed by atoms with Gasteiger partial charge in [0.15, 0.2) is 11.6 Å². The monoisotopic (exact) mass is 563 g/mol. The molecule has 40 heavy (non-hydrogen) atoms. The second-order valence-corrected chi connectivity index (χ2v) is 11.2. The number of nitrogens with zero attached hydrogens (tertiary/aromatic N) is 6. The van der Waals surface area contributed by atoms with E-state index in [9.17, 15) is 4.79 Å². The van der Waals surface area contributed by atoms with Gasteiger partial charge in [-0.3, -0.25) is 4.79 Å². The Hall–Kier alpha value is -4.16. The summed E-state index contributed by atoms with van der Waals surface area (Å²) in [6.45, 7) is 11.4. The van der Waals surface area contributed by atoms with E-state index < -0.39 is 0 Å². The Bertz CT molecular complexity index is 1510. The van der Waals surface area contributed by atoms with E-state index in [4.69, 9.17) is 14.8 Å². The van der Waals surface area contributed by atoms with Gasteiger partial charge in [0, 0.05) is 49.4 Å². The molecule has 0 saturated carbocycles. The highest BCUT2D eigenvalue weighted by molar-refractivity contribution is 7.18. The summed E-state index contributed by atoms with van der Waals surface area (Å²) in [7, 11) is 7.62. The molecule has 0 radical (unpaired) electrons. The molecule has 3 aromatic heterocycles. The van der Waals surface area contributed by atoms with Gasteiger partial charge in [0.25, 0.3) is 0 Å². The van der Waals surface area contributed by atoms with Crippen molar-refractivity contribution in [2.75, 3.05) is 62.2 Å². The second kappa shape index (κ2) is 12.3. The molecule has 0 atom stereocenters.